The zero-order valence-corrected chi connectivity index (χ0v) is 10.8. The van der Waals surface area contributed by atoms with E-state index in [1.807, 2.05) is 0 Å². The van der Waals surface area contributed by atoms with Crippen molar-refractivity contribution in [2.24, 2.45) is 5.92 Å². The maximum absolute atomic E-state index is 11.4. The fraction of sp³-hybridized carbons (Fsp3) is 0.538. The van der Waals surface area contributed by atoms with Crippen molar-refractivity contribution in [3.05, 3.63) is 17.8 Å². The number of hydrogen-bond acceptors (Lipinski definition) is 6. The molecule has 2 rings (SSSR count). The summed E-state index contributed by atoms with van der Waals surface area (Å²) in [5.41, 5.74) is 0.491. The number of nitrogens with one attached hydrogen (secondary N) is 1. The fourth-order valence-electron chi connectivity index (χ4n) is 2.36. The number of ether oxygens (including phenoxy) is 1. The first-order valence-corrected chi connectivity index (χ1v) is 6.30. The number of aromatic nitrogens is 2. The van der Waals surface area contributed by atoms with Crippen LogP contribution in [0.3, 0.4) is 0 Å². The highest BCUT2D eigenvalue weighted by Crippen LogP contribution is 2.27. The van der Waals surface area contributed by atoms with Crippen LogP contribution in [-0.2, 0) is 9.53 Å². The molecule has 0 aliphatic heterocycles. The van der Waals surface area contributed by atoms with Gasteiger partial charge in [-0.25, -0.2) is 0 Å². The number of carbonyl (C=O) groups is 1. The predicted molar refractivity (Wildman–Crippen MR) is 68.1 cm³/mol. The number of hydrogen-bond donors (Lipinski definition) is 1. The van der Waals surface area contributed by atoms with Crippen LogP contribution in [0.25, 0.3) is 0 Å². The van der Waals surface area contributed by atoms with Crippen LogP contribution in [0.4, 0.5) is 5.82 Å². The molecule has 100 valence electrons. The second-order valence-electron chi connectivity index (χ2n) is 4.62. The Kier molecular flexibility index (Phi) is 4.29. The Morgan fingerprint density at radius 3 is 2.84 bits per heavy atom. The molecule has 1 saturated carbocycles. The van der Waals surface area contributed by atoms with Crippen LogP contribution >= 0.6 is 0 Å². The average molecular weight is 260 g/mol. The van der Waals surface area contributed by atoms with Crippen LogP contribution in [0, 0.1) is 17.2 Å². The summed E-state index contributed by atoms with van der Waals surface area (Å²) < 4.78 is 4.75. The van der Waals surface area contributed by atoms with Gasteiger partial charge in [-0.3, -0.25) is 4.79 Å². The molecule has 1 aliphatic carbocycles. The second-order valence-corrected chi connectivity index (χ2v) is 4.62. The lowest BCUT2D eigenvalue weighted by Gasteiger charge is -2.27. The van der Waals surface area contributed by atoms with E-state index in [9.17, 15) is 4.79 Å². The third kappa shape index (κ3) is 3.19. The number of nitriles is 1. The summed E-state index contributed by atoms with van der Waals surface area (Å²) in [5.74, 6) is 0.391. The number of rotatable bonds is 3. The van der Waals surface area contributed by atoms with Crippen molar-refractivity contribution in [3.63, 3.8) is 0 Å². The van der Waals surface area contributed by atoms with Crippen LogP contribution in [0.15, 0.2) is 12.3 Å². The molecule has 6 heteroatoms. The van der Waals surface area contributed by atoms with Gasteiger partial charge in [-0.15, -0.1) is 5.10 Å². The van der Waals surface area contributed by atoms with Crippen molar-refractivity contribution in [1.29, 1.82) is 5.26 Å². The Labute approximate surface area is 111 Å². The van der Waals surface area contributed by atoms with Gasteiger partial charge in [0, 0.05) is 6.04 Å². The van der Waals surface area contributed by atoms with E-state index in [2.05, 4.69) is 21.6 Å². The highest BCUT2D eigenvalue weighted by molar-refractivity contribution is 5.72. The van der Waals surface area contributed by atoms with Gasteiger partial charge in [0.05, 0.1) is 24.8 Å². The lowest BCUT2D eigenvalue weighted by atomic mass is 9.86. The summed E-state index contributed by atoms with van der Waals surface area (Å²) in [6.45, 7) is 0. The molecule has 1 aliphatic rings. The normalized spacial score (nSPS) is 22.3. The molecule has 0 saturated heterocycles. The van der Waals surface area contributed by atoms with Crippen molar-refractivity contribution in [2.45, 2.75) is 31.7 Å². The van der Waals surface area contributed by atoms with Gasteiger partial charge in [0.25, 0.3) is 0 Å². The van der Waals surface area contributed by atoms with E-state index in [1.165, 1.54) is 13.3 Å². The number of nitrogens with zero attached hydrogens (tertiary/aromatic N) is 3. The quantitative estimate of drug-likeness (QED) is 0.828. The van der Waals surface area contributed by atoms with Gasteiger partial charge >= 0.3 is 5.97 Å². The van der Waals surface area contributed by atoms with Gasteiger partial charge in [0.2, 0.25) is 0 Å². The molecule has 6 nitrogen and oxygen atoms in total. The smallest absolute Gasteiger partial charge is 0.308 e. The molecule has 19 heavy (non-hydrogen) atoms. The molecular weight excluding hydrogens is 244 g/mol. The number of anilines is 1. The first kappa shape index (κ1) is 13.3. The Morgan fingerprint density at radius 1 is 1.47 bits per heavy atom. The molecule has 1 heterocycles. The SMILES string of the molecule is COC(=O)C1CCC(Nc2nnccc2C#N)CC1. The predicted octanol–water partition coefficient (Wildman–Crippen LogP) is 1.49. The summed E-state index contributed by atoms with van der Waals surface area (Å²) in [4.78, 5) is 11.4. The summed E-state index contributed by atoms with van der Waals surface area (Å²) in [7, 11) is 1.42. The molecular formula is C13H16N4O2. The third-order valence-electron chi connectivity index (χ3n) is 3.44. The summed E-state index contributed by atoms with van der Waals surface area (Å²) in [6.07, 6.45) is 4.82. The van der Waals surface area contributed by atoms with Crippen molar-refractivity contribution >= 4 is 11.8 Å². The first-order chi connectivity index (χ1) is 9.24. The van der Waals surface area contributed by atoms with Gasteiger partial charge in [-0.05, 0) is 31.7 Å². The third-order valence-corrected chi connectivity index (χ3v) is 3.44. The highest BCUT2D eigenvalue weighted by atomic mass is 16.5. The van der Waals surface area contributed by atoms with Gasteiger partial charge in [-0.1, -0.05) is 0 Å². The summed E-state index contributed by atoms with van der Waals surface area (Å²) >= 11 is 0. The molecule has 0 radical (unpaired) electrons. The summed E-state index contributed by atoms with van der Waals surface area (Å²) in [6, 6.07) is 3.94. The molecule has 1 aromatic rings. The zero-order valence-electron chi connectivity index (χ0n) is 10.8. The van der Waals surface area contributed by atoms with E-state index < -0.39 is 0 Å². The molecule has 0 bridgehead atoms. The fourth-order valence-corrected chi connectivity index (χ4v) is 2.36. The lowest BCUT2D eigenvalue weighted by Crippen LogP contribution is -2.30. The maximum Gasteiger partial charge on any atom is 0.308 e. The Bertz CT molecular complexity index is 490. The number of methoxy groups -OCH3 is 1. The van der Waals surface area contributed by atoms with E-state index in [0.29, 0.717) is 11.4 Å². The minimum Gasteiger partial charge on any atom is -0.469 e. The van der Waals surface area contributed by atoms with Crippen molar-refractivity contribution in [2.75, 3.05) is 12.4 Å². The highest BCUT2D eigenvalue weighted by Gasteiger charge is 2.27. The standard InChI is InChI=1S/C13H16N4O2/c1-19-13(18)9-2-4-11(5-3-9)16-12-10(8-14)6-7-15-17-12/h6-7,9,11H,2-5H2,1H3,(H,16,17). The molecule has 1 aromatic heterocycles. The monoisotopic (exact) mass is 260 g/mol. The first-order valence-electron chi connectivity index (χ1n) is 6.30. The zero-order chi connectivity index (χ0) is 13.7. The minimum atomic E-state index is -0.129. The van der Waals surface area contributed by atoms with E-state index in [-0.39, 0.29) is 17.9 Å². The Hall–Kier alpha value is -2.16. The Morgan fingerprint density at radius 2 is 2.21 bits per heavy atom. The Balaban J connectivity index is 1.93. The summed E-state index contributed by atoms with van der Waals surface area (Å²) in [5, 5.41) is 19.9. The van der Waals surface area contributed by atoms with Gasteiger partial charge in [-0.2, -0.15) is 10.4 Å². The van der Waals surface area contributed by atoms with Gasteiger partial charge in [0.15, 0.2) is 5.82 Å². The molecule has 0 spiro atoms. The van der Waals surface area contributed by atoms with Crippen LogP contribution in [0.5, 0.6) is 0 Å². The molecule has 1 fully saturated rings. The van der Waals surface area contributed by atoms with Crippen LogP contribution in [-0.4, -0.2) is 29.3 Å². The van der Waals surface area contributed by atoms with Gasteiger partial charge in [0.1, 0.15) is 6.07 Å². The van der Waals surface area contributed by atoms with Crippen LogP contribution in [0.1, 0.15) is 31.2 Å². The van der Waals surface area contributed by atoms with Gasteiger partial charge < -0.3 is 10.1 Å². The van der Waals surface area contributed by atoms with E-state index in [4.69, 9.17) is 10.00 Å². The largest absolute Gasteiger partial charge is 0.469 e. The van der Waals surface area contributed by atoms with Crippen molar-refractivity contribution < 1.29 is 9.53 Å². The minimum absolute atomic E-state index is 0.000319. The molecule has 0 aromatic carbocycles. The lowest BCUT2D eigenvalue weighted by molar-refractivity contribution is -0.146. The average Bonchev–Trinajstić information content (AvgIpc) is 2.48. The van der Waals surface area contributed by atoms with Crippen LogP contribution in [0.2, 0.25) is 0 Å². The van der Waals surface area contributed by atoms with Crippen molar-refractivity contribution in [1.82, 2.24) is 10.2 Å². The number of esters is 1. The van der Waals surface area contributed by atoms with E-state index >= 15 is 0 Å². The van der Waals surface area contributed by atoms with Crippen LogP contribution < -0.4 is 5.32 Å². The molecule has 1 N–H and O–H groups in total. The molecule has 0 unspecified atom stereocenters. The molecule has 0 amide bonds. The molecule has 0 atom stereocenters. The van der Waals surface area contributed by atoms with E-state index in [0.717, 1.165) is 25.7 Å². The second kappa shape index (κ2) is 6.14. The maximum atomic E-state index is 11.4. The van der Waals surface area contributed by atoms with E-state index in [1.54, 1.807) is 6.07 Å². The topological polar surface area (TPSA) is 87.9 Å². The van der Waals surface area contributed by atoms with Crippen molar-refractivity contribution in [3.8, 4) is 6.07 Å². The number of carbonyl (C=O) groups excluding carboxylic acids is 1.